The molecule has 100 valence electrons. The number of carboxylic acid groups (broad SMARTS) is 1. The number of methoxy groups -OCH3 is 1. The van der Waals surface area contributed by atoms with Gasteiger partial charge in [-0.05, 0) is 49.9 Å². The average molecular weight is 251 g/mol. The van der Waals surface area contributed by atoms with Crippen molar-refractivity contribution in [1.82, 2.24) is 0 Å². The third kappa shape index (κ3) is 4.75. The summed E-state index contributed by atoms with van der Waals surface area (Å²) >= 11 is 0. The highest BCUT2D eigenvalue weighted by Gasteiger charge is 2.16. The predicted octanol–water partition coefficient (Wildman–Crippen LogP) is 2.07. The van der Waals surface area contributed by atoms with Crippen molar-refractivity contribution in [2.45, 2.75) is 25.7 Å². The van der Waals surface area contributed by atoms with Crippen molar-refractivity contribution in [3.63, 3.8) is 0 Å². The quantitative estimate of drug-likeness (QED) is 0.742. The standard InChI is InChI=1S/C14H21NO3/c1-18-13-8-5-11(6-9-13)4-7-12(14(16)17)3-2-10-15/h5-6,8-9,12H,2-4,7,10,15H2,1H3,(H,16,17). The van der Waals surface area contributed by atoms with Crippen molar-refractivity contribution in [3.8, 4) is 5.75 Å². The highest BCUT2D eigenvalue weighted by atomic mass is 16.5. The molecule has 3 N–H and O–H groups in total. The number of carbonyl (C=O) groups is 1. The zero-order valence-corrected chi connectivity index (χ0v) is 10.8. The van der Waals surface area contributed by atoms with Gasteiger partial charge >= 0.3 is 5.97 Å². The van der Waals surface area contributed by atoms with Crippen LogP contribution in [0.2, 0.25) is 0 Å². The van der Waals surface area contributed by atoms with Crippen LogP contribution >= 0.6 is 0 Å². The summed E-state index contributed by atoms with van der Waals surface area (Å²) in [7, 11) is 1.63. The molecule has 0 saturated carbocycles. The van der Waals surface area contributed by atoms with Crippen molar-refractivity contribution in [2.75, 3.05) is 13.7 Å². The van der Waals surface area contributed by atoms with Crippen molar-refractivity contribution >= 4 is 5.97 Å². The largest absolute Gasteiger partial charge is 0.497 e. The van der Waals surface area contributed by atoms with Gasteiger partial charge in [-0.1, -0.05) is 12.1 Å². The number of carboxylic acids is 1. The van der Waals surface area contributed by atoms with Gasteiger partial charge in [0.15, 0.2) is 0 Å². The molecule has 0 fully saturated rings. The number of ether oxygens (including phenoxy) is 1. The third-order valence-electron chi connectivity index (χ3n) is 3.05. The van der Waals surface area contributed by atoms with Gasteiger partial charge in [-0.3, -0.25) is 4.79 Å². The van der Waals surface area contributed by atoms with Gasteiger partial charge in [-0.25, -0.2) is 0 Å². The van der Waals surface area contributed by atoms with Crippen molar-refractivity contribution in [1.29, 1.82) is 0 Å². The highest BCUT2D eigenvalue weighted by Crippen LogP contribution is 2.17. The van der Waals surface area contributed by atoms with E-state index >= 15 is 0 Å². The Hall–Kier alpha value is -1.55. The fraction of sp³-hybridized carbons (Fsp3) is 0.500. The lowest BCUT2D eigenvalue weighted by Crippen LogP contribution is -2.16. The predicted molar refractivity (Wildman–Crippen MR) is 70.7 cm³/mol. The van der Waals surface area contributed by atoms with Crippen LogP contribution in [0.3, 0.4) is 0 Å². The molecule has 0 amide bonds. The molecule has 0 aromatic heterocycles. The number of aliphatic carboxylic acids is 1. The smallest absolute Gasteiger partial charge is 0.306 e. The summed E-state index contributed by atoms with van der Waals surface area (Å²) in [6.45, 7) is 0.548. The Labute approximate surface area is 108 Å². The van der Waals surface area contributed by atoms with Gasteiger partial charge in [0.2, 0.25) is 0 Å². The van der Waals surface area contributed by atoms with E-state index in [4.69, 9.17) is 15.6 Å². The van der Waals surface area contributed by atoms with E-state index < -0.39 is 5.97 Å². The molecule has 0 saturated heterocycles. The van der Waals surface area contributed by atoms with Crippen LogP contribution in [0.5, 0.6) is 5.75 Å². The van der Waals surface area contributed by atoms with Crippen LogP contribution in [0.1, 0.15) is 24.8 Å². The number of rotatable bonds is 8. The summed E-state index contributed by atoms with van der Waals surface area (Å²) in [5.74, 6) is -0.204. The maximum Gasteiger partial charge on any atom is 0.306 e. The van der Waals surface area contributed by atoms with E-state index in [-0.39, 0.29) is 5.92 Å². The molecule has 0 aliphatic carbocycles. The Morgan fingerprint density at radius 3 is 2.50 bits per heavy atom. The molecular formula is C14H21NO3. The van der Waals surface area contributed by atoms with Gasteiger partial charge in [0.1, 0.15) is 5.75 Å². The fourth-order valence-corrected chi connectivity index (χ4v) is 1.89. The van der Waals surface area contributed by atoms with Crippen LogP contribution in [0, 0.1) is 5.92 Å². The Balaban J connectivity index is 2.47. The maximum atomic E-state index is 11.1. The van der Waals surface area contributed by atoms with Gasteiger partial charge < -0.3 is 15.6 Å². The molecule has 0 heterocycles. The molecule has 0 spiro atoms. The molecule has 1 atom stereocenters. The summed E-state index contributed by atoms with van der Waals surface area (Å²) < 4.78 is 5.08. The minimum atomic E-state index is -0.725. The first-order chi connectivity index (χ1) is 8.67. The van der Waals surface area contributed by atoms with Crippen LogP contribution in [-0.2, 0) is 11.2 Å². The summed E-state index contributed by atoms with van der Waals surface area (Å²) in [5.41, 5.74) is 6.54. The molecule has 4 heteroatoms. The molecule has 1 aromatic rings. The second-order valence-corrected chi connectivity index (χ2v) is 4.35. The Morgan fingerprint density at radius 2 is 2.00 bits per heavy atom. The molecule has 0 radical (unpaired) electrons. The topological polar surface area (TPSA) is 72.5 Å². The van der Waals surface area contributed by atoms with Crippen LogP contribution in [-0.4, -0.2) is 24.7 Å². The van der Waals surface area contributed by atoms with Gasteiger partial charge in [-0.15, -0.1) is 0 Å². The molecule has 0 bridgehead atoms. The van der Waals surface area contributed by atoms with E-state index in [1.807, 2.05) is 24.3 Å². The Morgan fingerprint density at radius 1 is 1.33 bits per heavy atom. The number of aryl methyl sites for hydroxylation is 1. The summed E-state index contributed by atoms with van der Waals surface area (Å²) in [6, 6.07) is 7.73. The Kier molecular flexibility index (Phi) is 6.22. The van der Waals surface area contributed by atoms with E-state index in [1.165, 1.54) is 0 Å². The van der Waals surface area contributed by atoms with Crippen LogP contribution in [0.15, 0.2) is 24.3 Å². The first-order valence-corrected chi connectivity index (χ1v) is 6.23. The zero-order valence-electron chi connectivity index (χ0n) is 10.8. The molecular weight excluding hydrogens is 230 g/mol. The Bertz CT molecular complexity index is 362. The van der Waals surface area contributed by atoms with Gasteiger partial charge in [0.25, 0.3) is 0 Å². The van der Waals surface area contributed by atoms with E-state index in [1.54, 1.807) is 7.11 Å². The van der Waals surface area contributed by atoms with E-state index in [0.29, 0.717) is 19.4 Å². The van der Waals surface area contributed by atoms with Crippen molar-refractivity contribution < 1.29 is 14.6 Å². The molecule has 4 nitrogen and oxygen atoms in total. The van der Waals surface area contributed by atoms with Gasteiger partial charge in [0, 0.05) is 0 Å². The van der Waals surface area contributed by atoms with Crippen molar-refractivity contribution in [3.05, 3.63) is 29.8 Å². The third-order valence-corrected chi connectivity index (χ3v) is 3.05. The summed E-state index contributed by atoms with van der Waals surface area (Å²) in [5, 5.41) is 9.10. The minimum absolute atomic E-state index is 0.296. The van der Waals surface area contributed by atoms with E-state index in [9.17, 15) is 4.79 Å². The lowest BCUT2D eigenvalue weighted by atomic mass is 9.95. The first kappa shape index (κ1) is 14.5. The molecule has 1 rings (SSSR count). The van der Waals surface area contributed by atoms with Crippen molar-refractivity contribution in [2.24, 2.45) is 11.7 Å². The zero-order chi connectivity index (χ0) is 13.4. The summed E-state index contributed by atoms with van der Waals surface area (Å²) in [4.78, 5) is 11.1. The molecule has 18 heavy (non-hydrogen) atoms. The average Bonchev–Trinajstić information content (AvgIpc) is 2.39. The number of nitrogens with two attached hydrogens (primary N) is 1. The van der Waals surface area contributed by atoms with E-state index in [2.05, 4.69) is 0 Å². The fourth-order valence-electron chi connectivity index (χ4n) is 1.89. The lowest BCUT2D eigenvalue weighted by Gasteiger charge is -2.11. The molecule has 0 aliphatic heterocycles. The molecule has 1 unspecified atom stereocenters. The van der Waals surface area contributed by atoms with Crippen LogP contribution < -0.4 is 10.5 Å². The SMILES string of the molecule is COc1ccc(CCC(CCCN)C(=O)O)cc1. The lowest BCUT2D eigenvalue weighted by molar-refractivity contribution is -0.142. The normalized spacial score (nSPS) is 12.1. The first-order valence-electron chi connectivity index (χ1n) is 6.23. The second kappa shape index (κ2) is 7.71. The van der Waals surface area contributed by atoms with Gasteiger partial charge in [-0.2, -0.15) is 0 Å². The second-order valence-electron chi connectivity index (χ2n) is 4.35. The number of hydrogen-bond donors (Lipinski definition) is 2. The highest BCUT2D eigenvalue weighted by molar-refractivity contribution is 5.69. The number of benzene rings is 1. The van der Waals surface area contributed by atoms with Gasteiger partial charge in [0.05, 0.1) is 13.0 Å². The minimum Gasteiger partial charge on any atom is -0.497 e. The summed E-state index contributed by atoms with van der Waals surface area (Å²) in [6.07, 6.45) is 2.84. The molecule has 1 aromatic carbocycles. The van der Waals surface area contributed by atoms with E-state index in [0.717, 1.165) is 24.2 Å². The number of hydrogen-bond acceptors (Lipinski definition) is 3. The van der Waals surface area contributed by atoms with Crippen LogP contribution in [0.25, 0.3) is 0 Å². The maximum absolute atomic E-state index is 11.1. The molecule has 0 aliphatic rings. The van der Waals surface area contributed by atoms with Crippen LogP contribution in [0.4, 0.5) is 0 Å². The monoisotopic (exact) mass is 251 g/mol.